The van der Waals surface area contributed by atoms with Crippen LogP contribution in [0.3, 0.4) is 0 Å². The van der Waals surface area contributed by atoms with Crippen LogP contribution in [0.25, 0.3) is 11.0 Å². The Morgan fingerprint density at radius 1 is 1.35 bits per heavy atom. The van der Waals surface area contributed by atoms with Crippen LogP contribution in [0.4, 0.5) is 15.8 Å². The minimum Gasteiger partial charge on any atom is -0.497 e. The van der Waals surface area contributed by atoms with Gasteiger partial charge in [-0.3, -0.25) is 10.1 Å². The number of nitrogens with zero attached hydrogens (tertiary/aromatic N) is 3. The van der Waals surface area contributed by atoms with Crippen molar-refractivity contribution in [3.8, 4) is 5.75 Å². The molecule has 0 spiro atoms. The molecule has 0 atom stereocenters. The molecule has 3 aromatic rings. The number of fused-ring (bicyclic) bond motifs is 1. The topological polar surface area (TPSA) is 82.2 Å². The summed E-state index contributed by atoms with van der Waals surface area (Å²) in [6.45, 7) is 0.441. The van der Waals surface area contributed by atoms with Crippen molar-refractivity contribution in [3.05, 3.63) is 58.2 Å². The molecule has 0 radical (unpaired) electrons. The summed E-state index contributed by atoms with van der Waals surface area (Å²) in [5, 5.41) is 14.0. The Morgan fingerprint density at radius 3 is 2.81 bits per heavy atom. The van der Waals surface area contributed by atoms with E-state index >= 15 is 0 Å². The van der Waals surface area contributed by atoms with Crippen molar-refractivity contribution in [3.63, 3.8) is 0 Å². The number of aryl methyl sites for hydroxylation is 2. The van der Waals surface area contributed by atoms with Gasteiger partial charge < -0.3 is 14.6 Å². The third kappa shape index (κ3) is 3.44. The van der Waals surface area contributed by atoms with E-state index in [-0.39, 0.29) is 11.4 Å². The highest BCUT2D eigenvalue weighted by atomic mass is 19.1. The largest absolute Gasteiger partial charge is 0.497 e. The Bertz CT molecular complexity index is 955. The zero-order chi connectivity index (χ0) is 18.7. The highest BCUT2D eigenvalue weighted by Crippen LogP contribution is 2.32. The first kappa shape index (κ1) is 17.7. The van der Waals surface area contributed by atoms with Gasteiger partial charge in [0.15, 0.2) is 0 Å². The number of nitrogens with one attached hydrogen (secondary N) is 1. The third-order valence-corrected chi connectivity index (χ3v) is 4.23. The predicted molar refractivity (Wildman–Crippen MR) is 97.1 cm³/mol. The van der Waals surface area contributed by atoms with E-state index < -0.39 is 16.4 Å². The number of benzene rings is 2. The zero-order valence-corrected chi connectivity index (χ0v) is 14.5. The Morgan fingerprint density at radius 2 is 2.12 bits per heavy atom. The average molecular weight is 358 g/mol. The number of anilines is 1. The summed E-state index contributed by atoms with van der Waals surface area (Å²) in [5.74, 6) is 0.234. The molecule has 1 aromatic heterocycles. The van der Waals surface area contributed by atoms with Crippen molar-refractivity contribution in [2.75, 3.05) is 19.0 Å². The second kappa shape index (κ2) is 7.38. The number of halogens is 1. The zero-order valence-electron chi connectivity index (χ0n) is 14.5. The molecule has 136 valence electrons. The minimum absolute atomic E-state index is 0.108. The lowest BCUT2D eigenvalue weighted by molar-refractivity contribution is -0.386. The molecule has 0 unspecified atom stereocenters. The quantitative estimate of drug-likeness (QED) is 0.396. The molecule has 0 aliphatic heterocycles. The number of para-hydroxylation sites is 2. The van der Waals surface area contributed by atoms with Crippen molar-refractivity contribution in [1.29, 1.82) is 0 Å². The van der Waals surface area contributed by atoms with Gasteiger partial charge in [0, 0.05) is 32.1 Å². The summed E-state index contributed by atoms with van der Waals surface area (Å²) in [4.78, 5) is 15.0. The lowest BCUT2D eigenvalue weighted by Crippen LogP contribution is -2.08. The molecule has 26 heavy (non-hydrogen) atoms. The second-order valence-corrected chi connectivity index (χ2v) is 5.87. The first-order chi connectivity index (χ1) is 12.5. The number of aromatic nitrogens is 2. The second-order valence-electron chi connectivity index (χ2n) is 5.87. The van der Waals surface area contributed by atoms with Crippen LogP contribution in [0, 0.1) is 15.9 Å². The summed E-state index contributed by atoms with van der Waals surface area (Å²) in [7, 11) is 3.34. The van der Waals surface area contributed by atoms with Crippen molar-refractivity contribution >= 4 is 22.4 Å². The number of rotatable bonds is 7. The summed E-state index contributed by atoms with van der Waals surface area (Å²) in [5.41, 5.74) is 1.52. The highest BCUT2D eigenvalue weighted by Gasteiger charge is 2.22. The van der Waals surface area contributed by atoms with E-state index in [0.717, 1.165) is 22.9 Å². The molecule has 0 saturated heterocycles. The number of nitro groups is 1. The lowest BCUT2D eigenvalue weighted by Gasteiger charge is -2.09. The van der Waals surface area contributed by atoms with E-state index in [1.165, 1.54) is 13.2 Å². The monoisotopic (exact) mass is 358 g/mol. The van der Waals surface area contributed by atoms with Crippen LogP contribution in [-0.4, -0.2) is 28.1 Å². The van der Waals surface area contributed by atoms with E-state index in [9.17, 15) is 14.5 Å². The van der Waals surface area contributed by atoms with Crippen molar-refractivity contribution in [2.45, 2.75) is 12.8 Å². The molecule has 0 aliphatic rings. The fourth-order valence-electron chi connectivity index (χ4n) is 2.90. The molecule has 7 nitrogen and oxygen atoms in total. The summed E-state index contributed by atoms with van der Waals surface area (Å²) in [6.07, 6.45) is 1.38. The van der Waals surface area contributed by atoms with Gasteiger partial charge in [0.2, 0.25) is 5.82 Å². The third-order valence-electron chi connectivity index (χ3n) is 4.23. The van der Waals surface area contributed by atoms with Crippen LogP contribution in [0.15, 0.2) is 36.4 Å². The van der Waals surface area contributed by atoms with Crippen LogP contribution in [-0.2, 0) is 13.5 Å². The van der Waals surface area contributed by atoms with Crippen LogP contribution in [0.5, 0.6) is 5.75 Å². The molecule has 0 bridgehead atoms. The van der Waals surface area contributed by atoms with Gasteiger partial charge >= 0.3 is 5.69 Å². The van der Waals surface area contributed by atoms with Gasteiger partial charge in [-0.05, 0) is 18.6 Å². The fourth-order valence-corrected chi connectivity index (χ4v) is 2.90. The molecule has 0 fully saturated rings. The summed E-state index contributed by atoms with van der Waals surface area (Å²) in [6, 6.07) is 10.3. The SMILES string of the molecule is COc1cc(F)c([N+](=O)[O-])c(NCCCc2nc3ccccc3n2C)c1. The van der Waals surface area contributed by atoms with Crippen LogP contribution >= 0.6 is 0 Å². The molecule has 0 amide bonds. The van der Waals surface area contributed by atoms with E-state index in [1.807, 2.05) is 35.9 Å². The molecule has 3 rings (SSSR count). The Hall–Kier alpha value is -3.16. The van der Waals surface area contributed by atoms with Crippen LogP contribution in [0.2, 0.25) is 0 Å². The van der Waals surface area contributed by atoms with Crippen LogP contribution in [0.1, 0.15) is 12.2 Å². The van der Waals surface area contributed by atoms with Gasteiger partial charge in [-0.1, -0.05) is 12.1 Å². The number of methoxy groups -OCH3 is 1. The van der Waals surface area contributed by atoms with Gasteiger partial charge in [0.25, 0.3) is 0 Å². The van der Waals surface area contributed by atoms with Gasteiger partial charge in [0.1, 0.15) is 17.3 Å². The van der Waals surface area contributed by atoms with Crippen molar-refractivity contribution in [1.82, 2.24) is 9.55 Å². The first-order valence-corrected chi connectivity index (χ1v) is 8.17. The molecular weight excluding hydrogens is 339 g/mol. The molecule has 0 aliphatic carbocycles. The number of hydrogen-bond acceptors (Lipinski definition) is 5. The van der Waals surface area contributed by atoms with Gasteiger partial charge in [-0.15, -0.1) is 0 Å². The predicted octanol–water partition coefficient (Wildman–Crippen LogP) is 3.67. The number of imidazole rings is 1. The van der Waals surface area contributed by atoms with E-state index in [2.05, 4.69) is 10.3 Å². The van der Waals surface area contributed by atoms with Crippen molar-refractivity contribution in [2.24, 2.45) is 7.05 Å². The number of hydrogen-bond donors (Lipinski definition) is 1. The standard InChI is InChI=1S/C18H19FN4O3/c1-22-16-7-4-3-6-14(16)21-17(22)8-5-9-20-15-11-12(26-2)10-13(19)18(15)23(24)25/h3-4,6-7,10-11,20H,5,8-9H2,1-2H3. The van der Waals surface area contributed by atoms with E-state index in [4.69, 9.17) is 4.74 Å². The highest BCUT2D eigenvalue weighted by molar-refractivity contribution is 5.75. The molecule has 2 aromatic carbocycles. The number of ether oxygens (including phenoxy) is 1. The Kier molecular flexibility index (Phi) is 5.01. The molecule has 1 N–H and O–H groups in total. The maximum atomic E-state index is 13.9. The summed E-state index contributed by atoms with van der Waals surface area (Å²) >= 11 is 0. The maximum Gasteiger partial charge on any atom is 0.327 e. The average Bonchev–Trinajstić information content (AvgIpc) is 2.94. The smallest absolute Gasteiger partial charge is 0.327 e. The lowest BCUT2D eigenvalue weighted by atomic mass is 10.2. The molecular formula is C18H19FN4O3. The molecule has 0 saturated carbocycles. The maximum absolute atomic E-state index is 13.9. The minimum atomic E-state index is -0.924. The normalized spacial score (nSPS) is 10.9. The van der Waals surface area contributed by atoms with Gasteiger partial charge in [-0.25, -0.2) is 4.98 Å². The number of nitro benzene ring substituents is 1. The summed E-state index contributed by atoms with van der Waals surface area (Å²) < 4.78 is 20.9. The van der Waals surface area contributed by atoms with E-state index in [1.54, 1.807) is 0 Å². The Balaban J connectivity index is 1.69. The fraction of sp³-hybridized carbons (Fsp3) is 0.278. The van der Waals surface area contributed by atoms with Gasteiger partial charge in [0.05, 0.1) is 23.1 Å². The first-order valence-electron chi connectivity index (χ1n) is 8.17. The van der Waals surface area contributed by atoms with E-state index in [0.29, 0.717) is 19.4 Å². The molecule has 1 heterocycles. The van der Waals surface area contributed by atoms with Crippen molar-refractivity contribution < 1.29 is 14.1 Å². The van der Waals surface area contributed by atoms with Gasteiger partial charge in [-0.2, -0.15) is 4.39 Å². The molecule has 8 heteroatoms. The Labute approximate surface area is 149 Å². The van der Waals surface area contributed by atoms with Crippen LogP contribution < -0.4 is 10.1 Å².